The largest absolute Gasteiger partial charge is 0.345 e. The summed E-state index contributed by atoms with van der Waals surface area (Å²) in [6.45, 7) is 2.73. The van der Waals surface area contributed by atoms with Gasteiger partial charge < -0.3 is 10.2 Å². The van der Waals surface area contributed by atoms with E-state index in [0.717, 1.165) is 23.4 Å². The quantitative estimate of drug-likeness (QED) is 0.724. The molecule has 1 amide bonds. The van der Waals surface area contributed by atoms with Crippen LogP contribution in [0.3, 0.4) is 0 Å². The van der Waals surface area contributed by atoms with Gasteiger partial charge in [0.1, 0.15) is 5.56 Å². The number of hydrogen-bond acceptors (Lipinski definition) is 5. The van der Waals surface area contributed by atoms with E-state index in [1.54, 1.807) is 6.20 Å². The van der Waals surface area contributed by atoms with Crippen molar-refractivity contribution in [2.24, 2.45) is 0 Å². The van der Waals surface area contributed by atoms with E-state index in [4.69, 9.17) is 0 Å². The molecule has 2 aromatic heterocycles. The molecule has 6 nitrogen and oxygen atoms in total. The fourth-order valence-electron chi connectivity index (χ4n) is 2.78. The van der Waals surface area contributed by atoms with Crippen molar-refractivity contribution in [3.8, 4) is 0 Å². The number of amides is 1. The molecule has 3 aromatic rings. The van der Waals surface area contributed by atoms with Crippen molar-refractivity contribution in [3.05, 3.63) is 69.1 Å². The highest BCUT2D eigenvalue weighted by molar-refractivity contribution is 7.16. The maximum atomic E-state index is 12.8. The Hall–Kier alpha value is -2.51. The Morgan fingerprint density at radius 2 is 2.04 bits per heavy atom. The summed E-state index contributed by atoms with van der Waals surface area (Å²) in [6.07, 6.45) is 3.83. The first-order valence-corrected chi connectivity index (χ1v) is 9.25. The number of aryl methyl sites for hydroxylation is 1. The minimum atomic E-state index is -0.395. The molecule has 1 N–H and O–H groups in total. The smallest absolute Gasteiger partial charge is 0.271 e. The van der Waals surface area contributed by atoms with Crippen molar-refractivity contribution < 1.29 is 4.79 Å². The van der Waals surface area contributed by atoms with E-state index in [1.165, 1.54) is 21.9 Å². The average molecular weight is 370 g/mol. The van der Waals surface area contributed by atoms with Gasteiger partial charge in [-0.25, -0.2) is 4.98 Å². The van der Waals surface area contributed by atoms with Gasteiger partial charge in [0.15, 0.2) is 4.96 Å². The topological polar surface area (TPSA) is 66.7 Å². The highest BCUT2D eigenvalue weighted by atomic mass is 32.1. The van der Waals surface area contributed by atoms with Gasteiger partial charge in [-0.3, -0.25) is 14.0 Å². The summed E-state index contributed by atoms with van der Waals surface area (Å²) < 4.78 is 1.44. The Morgan fingerprint density at radius 3 is 2.73 bits per heavy atom. The van der Waals surface area contributed by atoms with Crippen LogP contribution in [0.4, 0.5) is 0 Å². The molecule has 0 saturated heterocycles. The first kappa shape index (κ1) is 18.3. The summed E-state index contributed by atoms with van der Waals surface area (Å²) in [5, 5.41) is 3.00. The predicted octanol–water partition coefficient (Wildman–Crippen LogP) is 2.49. The van der Waals surface area contributed by atoms with E-state index in [2.05, 4.69) is 15.2 Å². The van der Waals surface area contributed by atoms with Crippen LogP contribution in [0.15, 0.2) is 47.5 Å². The molecule has 136 valence electrons. The fraction of sp³-hybridized carbons (Fsp3) is 0.316. The Kier molecular flexibility index (Phi) is 5.49. The van der Waals surface area contributed by atoms with E-state index in [1.807, 2.05) is 51.4 Å². The Balaban J connectivity index is 1.87. The van der Waals surface area contributed by atoms with Crippen molar-refractivity contribution in [1.29, 1.82) is 0 Å². The number of carbonyl (C=O) groups is 1. The van der Waals surface area contributed by atoms with Gasteiger partial charge in [0, 0.05) is 17.3 Å². The number of fused-ring (bicyclic) bond motifs is 1. The molecule has 26 heavy (non-hydrogen) atoms. The van der Waals surface area contributed by atoms with Crippen LogP contribution in [-0.4, -0.2) is 40.8 Å². The van der Waals surface area contributed by atoms with Gasteiger partial charge in [-0.05, 0) is 39.5 Å². The van der Waals surface area contributed by atoms with Crippen molar-refractivity contribution in [1.82, 2.24) is 19.6 Å². The number of thiazole rings is 1. The van der Waals surface area contributed by atoms with Crippen molar-refractivity contribution in [3.63, 3.8) is 0 Å². The number of benzene rings is 1. The zero-order valence-corrected chi connectivity index (χ0v) is 15.9. The van der Waals surface area contributed by atoms with Crippen LogP contribution < -0.4 is 10.9 Å². The summed E-state index contributed by atoms with van der Waals surface area (Å²) in [6, 6.07) is 9.63. The molecule has 1 atom stereocenters. The normalized spacial score (nSPS) is 12.5. The van der Waals surface area contributed by atoms with Gasteiger partial charge in [-0.2, -0.15) is 0 Å². The fourth-order valence-corrected chi connectivity index (χ4v) is 3.57. The van der Waals surface area contributed by atoms with Gasteiger partial charge in [0.05, 0.1) is 6.04 Å². The molecular formula is C19H22N4O2S. The molecule has 7 heteroatoms. The number of rotatable bonds is 6. The van der Waals surface area contributed by atoms with Crippen LogP contribution >= 0.6 is 11.3 Å². The van der Waals surface area contributed by atoms with Crippen LogP contribution in [-0.2, 0) is 0 Å². The average Bonchev–Trinajstić information content (AvgIpc) is 3.00. The van der Waals surface area contributed by atoms with Gasteiger partial charge in [0.2, 0.25) is 0 Å². The van der Waals surface area contributed by atoms with E-state index >= 15 is 0 Å². The Bertz CT molecular complexity index is 963. The minimum absolute atomic E-state index is 0.0612. The van der Waals surface area contributed by atoms with E-state index in [-0.39, 0.29) is 17.2 Å². The standard InChI is InChI=1S/C19H22N4O2S/c1-13-12-23-18(25)15(11-20-19(23)26-13)17(24)21-16(9-10-22(2)3)14-7-5-4-6-8-14/h4-8,11-12,16H,9-10H2,1-3H3,(H,21,24)/t16-/m0/s1. The molecule has 0 bridgehead atoms. The molecule has 0 aliphatic rings. The maximum Gasteiger partial charge on any atom is 0.271 e. The number of carbonyl (C=O) groups excluding carboxylic acids is 1. The first-order chi connectivity index (χ1) is 12.5. The minimum Gasteiger partial charge on any atom is -0.345 e. The summed E-state index contributed by atoms with van der Waals surface area (Å²) in [5.41, 5.74) is 0.741. The molecule has 0 radical (unpaired) electrons. The highest BCUT2D eigenvalue weighted by Crippen LogP contribution is 2.18. The molecule has 3 rings (SSSR count). The van der Waals surface area contributed by atoms with E-state index in [9.17, 15) is 9.59 Å². The lowest BCUT2D eigenvalue weighted by Gasteiger charge is -2.21. The second-order valence-corrected chi connectivity index (χ2v) is 7.71. The van der Waals surface area contributed by atoms with Crippen LogP contribution in [0, 0.1) is 6.92 Å². The zero-order chi connectivity index (χ0) is 18.7. The summed E-state index contributed by atoms with van der Waals surface area (Å²) in [7, 11) is 3.99. The second-order valence-electron chi connectivity index (χ2n) is 6.50. The van der Waals surface area contributed by atoms with Crippen molar-refractivity contribution >= 4 is 22.2 Å². The summed E-state index contributed by atoms with van der Waals surface area (Å²) >= 11 is 1.42. The third-order valence-corrected chi connectivity index (χ3v) is 5.05. The van der Waals surface area contributed by atoms with E-state index < -0.39 is 5.91 Å². The third kappa shape index (κ3) is 4.00. The molecule has 0 fully saturated rings. The van der Waals surface area contributed by atoms with Crippen LogP contribution in [0.25, 0.3) is 4.96 Å². The lowest BCUT2D eigenvalue weighted by atomic mass is 10.0. The molecule has 0 saturated carbocycles. The monoisotopic (exact) mass is 370 g/mol. The molecular weight excluding hydrogens is 348 g/mol. The second kappa shape index (κ2) is 7.80. The zero-order valence-electron chi connectivity index (χ0n) is 15.1. The molecule has 0 aliphatic heterocycles. The number of hydrogen-bond donors (Lipinski definition) is 1. The predicted molar refractivity (Wildman–Crippen MR) is 104 cm³/mol. The molecule has 2 heterocycles. The Labute approximate surface area is 156 Å². The van der Waals surface area contributed by atoms with Crippen LogP contribution in [0.1, 0.15) is 33.3 Å². The number of nitrogens with one attached hydrogen (secondary N) is 1. The molecule has 0 unspecified atom stereocenters. The van der Waals surface area contributed by atoms with Gasteiger partial charge in [-0.1, -0.05) is 30.3 Å². The lowest BCUT2D eigenvalue weighted by molar-refractivity contribution is 0.0930. The van der Waals surface area contributed by atoms with Gasteiger partial charge >= 0.3 is 0 Å². The van der Waals surface area contributed by atoms with Crippen LogP contribution in [0.2, 0.25) is 0 Å². The van der Waals surface area contributed by atoms with Gasteiger partial charge in [-0.15, -0.1) is 11.3 Å². The van der Waals surface area contributed by atoms with Gasteiger partial charge in [0.25, 0.3) is 11.5 Å². The molecule has 1 aromatic carbocycles. The molecule has 0 aliphatic carbocycles. The number of nitrogens with zero attached hydrogens (tertiary/aromatic N) is 3. The third-order valence-electron chi connectivity index (χ3n) is 4.14. The van der Waals surface area contributed by atoms with Crippen molar-refractivity contribution in [2.45, 2.75) is 19.4 Å². The van der Waals surface area contributed by atoms with Crippen LogP contribution in [0.5, 0.6) is 0 Å². The highest BCUT2D eigenvalue weighted by Gasteiger charge is 2.19. The Morgan fingerprint density at radius 1 is 1.31 bits per heavy atom. The molecule has 0 spiro atoms. The lowest BCUT2D eigenvalue weighted by Crippen LogP contribution is -2.35. The SMILES string of the molecule is Cc1cn2c(=O)c(C(=O)N[C@@H](CCN(C)C)c3ccccc3)cnc2s1. The van der Waals surface area contributed by atoms with Crippen molar-refractivity contribution in [2.75, 3.05) is 20.6 Å². The summed E-state index contributed by atoms with van der Waals surface area (Å²) in [5.74, 6) is -0.395. The summed E-state index contributed by atoms with van der Waals surface area (Å²) in [4.78, 5) is 33.3. The number of aromatic nitrogens is 2. The van der Waals surface area contributed by atoms with E-state index in [0.29, 0.717) is 4.96 Å². The first-order valence-electron chi connectivity index (χ1n) is 8.44. The maximum absolute atomic E-state index is 12.8.